The van der Waals surface area contributed by atoms with Gasteiger partial charge in [-0.3, -0.25) is 0 Å². The van der Waals surface area contributed by atoms with Crippen LogP contribution >= 0.6 is 0 Å². The third-order valence-corrected chi connectivity index (χ3v) is 2.93. The lowest BCUT2D eigenvalue weighted by atomic mass is 10.4. The van der Waals surface area contributed by atoms with Gasteiger partial charge in [-0.05, 0) is 30.9 Å². The van der Waals surface area contributed by atoms with Crippen LogP contribution in [0.4, 0.5) is 5.82 Å². The Morgan fingerprint density at radius 3 is 2.82 bits per heavy atom. The summed E-state index contributed by atoms with van der Waals surface area (Å²) in [7, 11) is 1.99. The lowest BCUT2D eigenvalue weighted by Gasteiger charge is -2.17. The number of nitrogens with zero attached hydrogens (tertiary/aromatic N) is 3. The number of nitrogens with two attached hydrogens (primary N) is 1. The van der Waals surface area contributed by atoms with Gasteiger partial charge in [0.2, 0.25) is 0 Å². The van der Waals surface area contributed by atoms with Gasteiger partial charge in [-0.25, -0.2) is 0 Å². The molecule has 17 heavy (non-hydrogen) atoms. The Morgan fingerprint density at radius 1 is 1.41 bits per heavy atom. The fraction of sp³-hybridized carbons (Fsp3) is 0.667. The van der Waals surface area contributed by atoms with E-state index in [1.807, 2.05) is 24.1 Å². The zero-order valence-corrected chi connectivity index (χ0v) is 10.3. The van der Waals surface area contributed by atoms with Gasteiger partial charge < -0.3 is 15.4 Å². The Balaban J connectivity index is 1.71. The molecule has 1 aromatic heterocycles. The highest BCUT2D eigenvalue weighted by molar-refractivity contribution is 5.35. The third kappa shape index (κ3) is 3.94. The number of likely N-dealkylation sites (N-methyl/N-ethyl adjacent to an activating group) is 1. The minimum atomic E-state index is 0.432. The van der Waals surface area contributed by atoms with Crippen LogP contribution in [-0.4, -0.2) is 37.0 Å². The van der Waals surface area contributed by atoms with Gasteiger partial charge in [-0.1, -0.05) is 0 Å². The van der Waals surface area contributed by atoms with Gasteiger partial charge in [-0.2, -0.15) is 5.10 Å². The fourth-order valence-corrected chi connectivity index (χ4v) is 1.52. The number of aromatic nitrogens is 2. The van der Waals surface area contributed by atoms with Crippen molar-refractivity contribution in [2.24, 2.45) is 11.7 Å². The molecule has 0 saturated heterocycles. The van der Waals surface area contributed by atoms with Crippen LogP contribution in [-0.2, 0) is 11.3 Å². The summed E-state index contributed by atoms with van der Waals surface area (Å²) < 4.78 is 5.58. The molecule has 0 unspecified atom stereocenters. The molecule has 1 saturated carbocycles. The Kier molecular flexibility index (Phi) is 4.28. The normalized spacial score (nSPS) is 14.9. The van der Waals surface area contributed by atoms with E-state index in [1.165, 1.54) is 12.8 Å². The molecular formula is C12H20N4O. The van der Waals surface area contributed by atoms with Crippen molar-refractivity contribution in [3.8, 4) is 0 Å². The van der Waals surface area contributed by atoms with E-state index < -0.39 is 0 Å². The summed E-state index contributed by atoms with van der Waals surface area (Å²) in [6.45, 7) is 2.92. The second-order valence-electron chi connectivity index (χ2n) is 4.53. The smallest absolute Gasteiger partial charge is 0.151 e. The monoisotopic (exact) mass is 236 g/mol. The molecule has 0 radical (unpaired) electrons. The van der Waals surface area contributed by atoms with Crippen molar-refractivity contribution >= 4 is 5.82 Å². The molecule has 94 valence electrons. The molecule has 0 bridgehead atoms. The van der Waals surface area contributed by atoms with Crippen LogP contribution in [0, 0.1) is 5.92 Å². The van der Waals surface area contributed by atoms with Crippen molar-refractivity contribution in [3.63, 3.8) is 0 Å². The molecule has 0 aliphatic heterocycles. The molecule has 1 heterocycles. The summed E-state index contributed by atoms with van der Waals surface area (Å²) in [4.78, 5) is 2.04. The molecule has 0 amide bonds. The molecule has 1 aromatic rings. The molecule has 1 fully saturated rings. The van der Waals surface area contributed by atoms with Crippen LogP contribution in [0.5, 0.6) is 0 Å². The molecule has 2 N–H and O–H groups in total. The molecule has 1 aliphatic carbocycles. The summed E-state index contributed by atoms with van der Waals surface area (Å²) in [6, 6.07) is 3.85. The predicted molar refractivity (Wildman–Crippen MR) is 66.7 cm³/mol. The lowest BCUT2D eigenvalue weighted by molar-refractivity contribution is 0.130. The molecule has 5 heteroatoms. The quantitative estimate of drug-likeness (QED) is 0.709. The van der Waals surface area contributed by atoms with Crippen molar-refractivity contribution in [2.45, 2.75) is 19.4 Å². The van der Waals surface area contributed by atoms with E-state index in [0.717, 1.165) is 37.2 Å². The van der Waals surface area contributed by atoms with Crippen molar-refractivity contribution < 1.29 is 4.74 Å². The van der Waals surface area contributed by atoms with Crippen LogP contribution in [0.25, 0.3) is 0 Å². The van der Waals surface area contributed by atoms with Gasteiger partial charge in [0.25, 0.3) is 0 Å². The van der Waals surface area contributed by atoms with Gasteiger partial charge in [-0.15, -0.1) is 5.10 Å². The molecule has 0 atom stereocenters. The van der Waals surface area contributed by atoms with Crippen LogP contribution < -0.4 is 10.6 Å². The van der Waals surface area contributed by atoms with Crippen LogP contribution in [0.2, 0.25) is 0 Å². The highest BCUT2D eigenvalue weighted by atomic mass is 16.5. The van der Waals surface area contributed by atoms with E-state index in [1.54, 1.807) is 0 Å². The highest BCUT2D eigenvalue weighted by Gasteiger charge is 2.20. The lowest BCUT2D eigenvalue weighted by Crippen LogP contribution is -2.24. The maximum Gasteiger partial charge on any atom is 0.151 e. The average Bonchev–Trinajstić information content (AvgIpc) is 3.18. The number of rotatable bonds is 7. The first-order chi connectivity index (χ1) is 8.29. The van der Waals surface area contributed by atoms with E-state index in [9.17, 15) is 0 Å². The first kappa shape index (κ1) is 12.3. The summed E-state index contributed by atoms with van der Waals surface area (Å²) in [5, 5.41) is 8.14. The third-order valence-electron chi connectivity index (χ3n) is 2.93. The topological polar surface area (TPSA) is 64.3 Å². The van der Waals surface area contributed by atoms with Crippen LogP contribution in [0.1, 0.15) is 18.5 Å². The Labute approximate surface area is 102 Å². The highest BCUT2D eigenvalue weighted by Crippen LogP contribution is 2.28. The Morgan fingerprint density at radius 2 is 2.24 bits per heavy atom. The van der Waals surface area contributed by atoms with E-state index in [0.29, 0.717) is 6.54 Å². The predicted octanol–water partition coefficient (Wildman–Crippen LogP) is 0.798. The molecule has 0 spiro atoms. The first-order valence-corrected chi connectivity index (χ1v) is 6.11. The standard InChI is InChI=1S/C12H20N4O/c1-16(6-7-17-9-10-2-3-10)12-5-4-11(8-13)14-15-12/h4-5,10H,2-3,6-9,13H2,1H3. The van der Waals surface area contributed by atoms with E-state index >= 15 is 0 Å². The summed E-state index contributed by atoms with van der Waals surface area (Å²) in [5.74, 6) is 1.68. The van der Waals surface area contributed by atoms with Crippen molar-refractivity contribution in [1.29, 1.82) is 0 Å². The first-order valence-electron chi connectivity index (χ1n) is 6.11. The summed E-state index contributed by atoms with van der Waals surface area (Å²) >= 11 is 0. The second kappa shape index (κ2) is 5.93. The van der Waals surface area contributed by atoms with E-state index in [-0.39, 0.29) is 0 Å². The number of hydrogen-bond donors (Lipinski definition) is 1. The fourth-order valence-electron chi connectivity index (χ4n) is 1.52. The van der Waals surface area contributed by atoms with Crippen molar-refractivity contribution in [3.05, 3.63) is 17.8 Å². The van der Waals surface area contributed by atoms with Crippen LogP contribution in [0.15, 0.2) is 12.1 Å². The zero-order valence-electron chi connectivity index (χ0n) is 10.3. The van der Waals surface area contributed by atoms with Gasteiger partial charge in [0.1, 0.15) is 0 Å². The van der Waals surface area contributed by atoms with E-state index in [2.05, 4.69) is 10.2 Å². The number of anilines is 1. The minimum absolute atomic E-state index is 0.432. The van der Waals surface area contributed by atoms with Crippen molar-refractivity contribution in [2.75, 3.05) is 31.7 Å². The van der Waals surface area contributed by atoms with Gasteiger partial charge in [0.05, 0.1) is 12.3 Å². The SMILES string of the molecule is CN(CCOCC1CC1)c1ccc(CN)nn1. The molecule has 1 aliphatic rings. The molecule has 0 aromatic carbocycles. The van der Waals surface area contributed by atoms with Gasteiger partial charge in [0.15, 0.2) is 5.82 Å². The maximum atomic E-state index is 5.58. The zero-order chi connectivity index (χ0) is 12.1. The number of hydrogen-bond acceptors (Lipinski definition) is 5. The van der Waals surface area contributed by atoms with Crippen LogP contribution in [0.3, 0.4) is 0 Å². The number of ether oxygens (including phenoxy) is 1. The average molecular weight is 236 g/mol. The van der Waals surface area contributed by atoms with Gasteiger partial charge >= 0.3 is 0 Å². The van der Waals surface area contributed by atoms with Crippen molar-refractivity contribution in [1.82, 2.24) is 10.2 Å². The maximum absolute atomic E-state index is 5.58. The second-order valence-corrected chi connectivity index (χ2v) is 4.53. The largest absolute Gasteiger partial charge is 0.379 e. The molecule has 2 rings (SSSR count). The van der Waals surface area contributed by atoms with E-state index in [4.69, 9.17) is 10.5 Å². The Bertz CT molecular complexity index is 337. The Hall–Kier alpha value is -1.20. The molecular weight excluding hydrogens is 216 g/mol. The summed E-state index contributed by atoms with van der Waals surface area (Å²) in [6.07, 6.45) is 2.67. The molecule has 5 nitrogen and oxygen atoms in total. The van der Waals surface area contributed by atoms with Gasteiger partial charge in [0, 0.05) is 26.7 Å². The minimum Gasteiger partial charge on any atom is -0.379 e. The summed E-state index contributed by atoms with van der Waals surface area (Å²) in [5.41, 5.74) is 6.28.